The first-order valence-electron chi connectivity index (χ1n) is 11.2. The molecule has 0 aliphatic carbocycles. The summed E-state index contributed by atoms with van der Waals surface area (Å²) in [4.78, 5) is 23.4. The second-order valence-electron chi connectivity index (χ2n) is 7.74. The number of hydrazone groups is 2. The van der Waals surface area contributed by atoms with E-state index < -0.39 is 11.5 Å². The van der Waals surface area contributed by atoms with Crippen LogP contribution in [0.2, 0.25) is 20.1 Å². The maximum Gasteiger partial charge on any atom is 2.00 e. The number of hydrogen-bond donors (Lipinski definition) is 2. The standard InChI is InChI=1S/2C14H10Cl2N2O2.Fe/c2*15-11-6-10(13(19)12(16)7-11)8-17-18-14(20)9-4-2-1-3-5-9;/h2*1-8,19H,(H,18,20);/q;;+2/p-2/b17-8+;17-8-;. The number of hydrogen-bond acceptors (Lipinski definition) is 6. The summed E-state index contributed by atoms with van der Waals surface area (Å²) in [7, 11) is 0. The Labute approximate surface area is 266 Å². The van der Waals surface area contributed by atoms with Crippen LogP contribution in [-0.2, 0) is 17.1 Å². The van der Waals surface area contributed by atoms with Gasteiger partial charge in [-0.05, 0) is 59.7 Å². The fraction of sp³-hybridized carbons (Fsp3) is 0. The third-order valence-electron chi connectivity index (χ3n) is 4.89. The van der Waals surface area contributed by atoms with E-state index in [0.717, 1.165) is 0 Å². The number of rotatable bonds is 6. The van der Waals surface area contributed by atoms with Crippen molar-refractivity contribution in [3.8, 4) is 11.5 Å². The van der Waals surface area contributed by atoms with E-state index in [4.69, 9.17) is 46.4 Å². The van der Waals surface area contributed by atoms with Crippen LogP contribution in [0.1, 0.15) is 31.8 Å². The molecule has 0 radical (unpaired) electrons. The molecule has 0 saturated carbocycles. The minimum atomic E-state index is -0.395. The fourth-order valence-corrected chi connectivity index (χ4v) is 4.00. The van der Waals surface area contributed by atoms with E-state index in [1.54, 1.807) is 60.7 Å². The molecule has 4 aromatic rings. The smallest absolute Gasteiger partial charge is 0.871 e. The van der Waals surface area contributed by atoms with Crippen molar-refractivity contribution in [3.05, 3.63) is 127 Å². The molecule has 0 fully saturated rings. The molecular formula is C28H18Cl4FeN4O4. The molecule has 0 spiro atoms. The van der Waals surface area contributed by atoms with E-state index in [9.17, 15) is 19.8 Å². The third-order valence-corrected chi connectivity index (χ3v) is 5.88. The van der Waals surface area contributed by atoms with E-state index in [0.29, 0.717) is 21.2 Å². The predicted octanol–water partition coefficient (Wildman–Crippen LogP) is 5.66. The summed E-state index contributed by atoms with van der Waals surface area (Å²) in [6, 6.07) is 22.7. The Morgan fingerprint density at radius 2 is 0.951 bits per heavy atom. The Kier molecular flexibility index (Phi) is 13.7. The van der Waals surface area contributed by atoms with E-state index >= 15 is 0 Å². The Hall–Kier alpha value is -3.56. The maximum atomic E-state index is 11.7. The molecular weight excluding hydrogens is 654 g/mol. The van der Waals surface area contributed by atoms with Gasteiger partial charge in [-0.25, -0.2) is 10.9 Å². The fourth-order valence-electron chi connectivity index (χ4n) is 2.98. The topological polar surface area (TPSA) is 129 Å². The van der Waals surface area contributed by atoms with E-state index in [2.05, 4.69) is 21.1 Å². The quantitative estimate of drug-likeness (QED) is 0.156. The van der Waals surface area contributed by atoms with Gasteiger partial charge in [0.1, 0.15) is 0 Å². The maximum absolute atomic E-state index is 11.7. The van der Waals surface area contributed by atoms with Crippen molar-refractivity contribution in [1.29, 1.82) is 0 Å². The molecule has 0 aliphatic heterocycles. The van der Waals surface area contributed by atoms with Crippen molar-refractivity contribution in [3.63, 3.8) is 0 Å². The van der Waals surface area contributed by atoms with Gasteiger partial charge in [-0.3, -0.25) is 9.59 Å². The number of nitrogens with one attached hydrogen (secondary N) is 2. The van der Waals surface area contributed by atoms with E-state index in [1.165, 1.54) is 36.7 Å². The molecule has 0 unspecified atom stereocenters. The van der Waals surface area contributed by atoms with E-state index in [-0.39, 0.29) is 50.1 Å². The number of carbonyl (C=O) groups is 2. The van der Waals surface area contributed by atoms with Crippen LogP contribution in [0.25, 0.3) is 0 Å². The molecule has 0 atom stereocenters. The molecule has 0 saturated heterocycles. The van der Waals surface area contributed by atoms with Crippen LogP contribution in [-0.4, -0.2) is 24.2 Å². The summed E-state index contributed by atoms with van der Waals surface area (Å²) in [5.74, 6) is -1.53. The molecule has 210 valence electrons. The van der Waals surface area contributed by atoms with Gasteiger partial charge in [-0.15, -0.1) is 0 Å². The third kappa shape index (κ3) is 10.4. The van der Waals surface area contributed by atoms with Crippen LogP contribution >= 0.6 is 46.4 Å². The Morgan fingerprint density at radius 3 is 1.29 bits per heavy atom. The van der Waals surface area contributed by atoms with Gasteiger partial charge in [0.05, 0.1) is 12.4 Å². The van der Waals surface area contributed by atoms with Gasteiger partial charge in [0, 0.05) is 31.2 Å². The summed E-state index contributed by atoms with van der Waals surface area (Å²) in [6.45, 7) is 0. The Bertz CT molecular complexity index is 1440. The molecule has 0 heterocycles. The van der Waals surface area contributed by atoms with Gasteiger partial charge < -0.3 is 10.2 Å². The molecule has 2 amide bonds. The molecule has 4 rings (SSSR count). The Balaban J connectivity index is 0.000000280. The van der Waals surface area contributed by atoms with Crippen molar-refractivity contribution in [2.75, 3.05) is 0 Å². The molecule has 13 heteroatoms. The van der Waals surface area contributed by atoms with Gasteiger partial charge >= 0.3 is 17.1 Å². The monoisotopic (exact) mass is 670 g/mol. The zero-order chi connectivity index (χ0) is 29.1. The number of amides is 2. The minimum absolute atomic E-state index is 0. The van der Waals surface area contributed by atoms with Crippen molar-refractivity contribution in [2.24, 2.45) is 10.2 Å². The van der Waals surface area contributed by atoms with Gasteiger partial charge in [0.2, 0.25) is 0 Å². The molecule has 0 bridgehead atoms. The number of nitrogens with zero attached hydrogens (tertiary/aromatic N) is 2. The second kappa shape index (κ2) is 16.6. The second-order valence-corrected chi connectivity index (χ2v) is 9.43. The molecule has 41 heavy (non-hydrogen) atoms. The summed E-state index contributed by atoms with van der Waals surface area (Å²) in [6.07, 6.45) is 2.42. The normalized spacial score (nSPS) is 10.4. The molecule has 8 nitrogen and oxygen atoms in total. The molecule has 0 aromatic heterocycles. The average molecular weight is 672 g/mol. The van der Waals surface area contributed by atoms with Crippen LogP contribution in [0.4, 0.5) is 0 Å². The molecule has 0 aliphatic rings. The van der Waals surface area contributed by atoms with Crippen LogP contribution in [0.5, 0.6) is 11.5 Å². The van der Waals surface area contributed by atoms with Crippen molar-refractivity contribution in [2.45, 2.75) is 0 Å². The summed E-state index contributed by atoms with van der Waals surface area (Å²) in [5.41, 5.74) is 5.98. The SMILES string of the molecule is O=C(N/N=C/c1cc(Cl)cc(Cl)c1[O-])c1ccccc1.O=C(N/N=C\c1cc(Cl)cc(Cl)c1[O-])c1ccccc1.[Fe+2]. The largest absolute Gasteiger partial charge is 2.00 e. The minimum Gasteiger partial charge on any atom is -0.871 e. The first-order valence-corrected chi connectivity index (χ1v) is 12.8. The van der Waals surface area contributed by atoms with Gasteiger partial charge in [0.15, 0.2) is 0 Å². The van der Waals surface area contributed by atoms with E-state index in [1.807, 2.05) is 0 Å². The Morgan fingerprint density at radius 1 is 0.610 bits per heavy atom. The summed E-state index contributed by atoms with van der Waals surface area (Å²) >= 11 is 23.0. The average Bonchev–Trinajstić information content (AvgIpc) is 2.95. The van der Waals surface area contributed by atoms with Crippen molar-refractivity contribution < 1.29 is 36.9 Å². The van der Waals surface area contributed by atoms with Gasteiger partial charge in [-0.2, -0.15) is 10.2 Å². The number of benzene rings is 4. The van der Waals surface area contributed by atoms with Crippen LogP contribution in [0, 0.1) is 0 Å². The van der Waals surface area contributed by atoms with Gasteiger partial charge in [-0.1, -0.05) is 94.3 Å². The van der Waals surface area contributed by atoms with Crippen LogP contribution in [0.3, 0.4) is 0 Å². The van der Waals surface area contributed by atoms with Gasteiger partial charge in [0.25, 0.3) is 11.8 Å². The number of carbonyl (C=O) groups excluding carboxylic acids is 2. The van der Waals surface area contributed by atoms with Crippen molar-refractivity contribution in [1.82, 2.24) is 10.9 Å². The first kappa shape index (κ1) is 33.6. The molecule has 2 N–H and O–H groups in total. The van der Waals surface area contributed by atoms with Crippen molar-refractivity contribution >= 4 is 70.6 Å². The summed E-state index contributed by atoms with van der Waals surface area (Å²) < 4.78 is 0. The van der Waals surface area contributed by atoms with Crippen LogP contribution < -0.4 is 21.1 Å². The molecule has 4 aromatic carbocycles. The number of halogens is 4. The zero-order valence-corrected chi connectivity index (χ0v) is 24.8. The predicted molar refractivity (Wildman–Crippen MR) is 155 cm³/mol. The first-order chi connectivity index (χ1) is 19.2. The zero-order valence-electron chi connectivity index (χ0n) is 20.6. The summed E-state index contributed by atoms with van der Waals surface area (Å²) in [5, 5.41) is 31.4. The van der Waals surface area contributed by atoms with Crippen LogP contribution in [0.15, 0.2) is 95.1 Å².